The number of aryl methyl sites for hydroxylation is 1. The van der Waals surface area contributed by atoms with E-state index in [0.29, 0.717) is 6.54 Å². The van der Waals surface area contributed by atoms with Gasteiger partial charge in [0.15, 0.2) is 0 Å². The van der Waals surface area contributed by atoms with Crippen LogP contribution in [0.2, 0.25) is 0 Å². The smallest absolute Gasteiger partial charge is 0.122 e. The molecule has 96 valence electrons. The van der Waals surface area contributed by atoms with Crippen molar-refractivity contribution in [1.29, 1.82) is 0 Å². The van der Waals surface area contributed by atoms with Crippen LogP contribution in [0.25, 0.3) is 0 Å². The zero-order valence-corrected chi connectivity index (χ0v) is 10.7. The lowest BCUT2D eigenvalue weighted by molar-refractivity contribution is 0.125. The SMILES string of the molecule is Cc1ccccc1OCCCCOCCCN. The van der Waals surface area contributed by atoms with Crippen LogP contribution >= 0.6 is 0 Å². The van der Waals surface area contributed by atoms with Crippen molar-refractivity contribution in [2.75, 3.05) is 26.4 Å². The third-order valence-electron chi connectivity index (χ3n) is 2.53. The molecule has 1 aromatic rings. The molecule has 0 bridgehead atoms. The molecule has 0 fully saturated rings. The van der Waals surface area contributed by atoms with E-state index in [1.54, 1.807) is 0 Å². The van der Waals surface area contributed by atoms with E-state index in [-0.39, 0.29) is 0 Å². The topological polar surface area (TPSA) is 44.5 Å². The summed E-state index contributed by atoms with van der Waals surface area (Å²) in [4.78, 5) is 0. The molecular weight excluding hydrogens is 214 g/mol. The summed E-state index contributed by atoms with van der Waals surface area (Å²) in [6, 6.07) is 8.09. The minimum absolute atomic E-state index is 0.705. The van der Waals surface area contributed by atoms with Crippen molar-refractivity contribution >= 4 is 0 Å². The summed E-state index contributed by atoms with van der Waals surface area (Å²) < 4.78 is 11.1. The summed E-state index contributed by atoms with van der Waals surface area (Å²) in [5, 5.41) is 0. The van der Waals surface area contributed by atoms with E-state index in [0.717, 1.165) is 44.8 Å². The van der Waals surface area contributed by atoms with E-state index >= 15 is 0 Å². The van der Waals surface area contributed by atoms with Gasteiger partial charge in [-0.3, -0.25) is 0 Å². The average molecular weight is 237 g/mol. The van der Waals surface area contributed by atoms with Gasteiger partial charge in [0.1, 0.15) is 5.75 Å². The van der Waals surface area contributed by atoms with Crippen LogP contribution in [0.3, 0.4) is 0 Å². The molecule has 0 saturated carbocycles. The minimum Gasteiger partial charge on any atom is -0.493 e. The first kappa shape index (κ1) is 14.0. The first-order chi connectivity index (χ1) is 8.34. The number of hydrogen-bond donors (Lipinski definition) is 1. The second-order valence-corrected chi connectivity index (χ2v) is 4.08. The molecule has 0 saturated heterocycles. The molecule has 0 amide bonds. The highest BCUT2D eigenvalue weighted by molar-refractivity contribution is 5.31. The van der Waals surface area contributed by atoms with Crippen LogP contribution in [-0.2, 0) is 4.74 Å². The molecule has 0 radical (unpaired) electrons. The monoisotopic (exact) mass is 237 g/mol. The lowest BCUT2D eigenvalue weighted by Gasteiger charge is -2.08. The van der Waals surface area contributed by atoms with Crippen molar-refractivity contribution in [3.05, 3.63) is 29.8 Å². The van der Waals surface area contributed by atoms with Gasteiger partial charge in [-0.2, -0.15) is 0 Å². The number of ether oxygens (including phenoxy) is 2. The Morgan fingerprint density at radius 1 is 1.00 bits per heavy atom. The van der Waals surface area contributed by atoms with E-state index in [1.807, 2.05) is 18.2 Å². The van der Waals surface area contributed by atoms with Gasteiger partial charge < -0.3 is 15.2 Å². The van der Waals surface area contributed by atoms with Gasteiger partial charge in [0.05, 0.1) is 6.61 Å². The number of nitrogens with two attached hydrogens (primary N) is 1. The predicted octanol–water partition coefficient (Wildman–Crippen LogP) is 2.52. The third-order valence-corrected chi connectivity index (χ3v) is 2.53. The van der Waals surface area contributed by atoms with Crippen molar-refractivity contribution < 1.29 is 9.47 Å². The number of rotatable bonds is 9. The summed E-state index contributed by atoms with van der Waals surface area (Å²) in [6.45, 7) is 5.10. The van der Waals surface area contributed by atoms with Crippen molar-refractivity contribution in [3.63, 3.8) is 0 Å². The maximum atomic E-state index is 5.69. The number of benzene rings is 1. The standard InChI is InChI=1S/C14H23NO2/c1-13-7-2-3-8-14(13)17-12-5-4-10-16-11-6-9-15/h2-3,7-8H,4-6,9-12,15H2,1H3. The first-order valence-corrected chi connectivity index (χ1v) is 6.31. The van der Waals surface area contributed by atoms with E-state index in [1.165, 1.54) is 5.56 Å². The zero-order chi connectivity index (χ0) is 12.3. The molecule has 0 aromatic heterocycles. The Kier molecular flexibility index (Phi) is 7.43. The maximum Gasteiger partial charge on any atom is 0.122 e. The van der Waals surface area contributed by atoms with E-state index in [2.05, 4.69) is 13.0 Å². The largest absolute Gasteiger partial charge is 0.493 e. The fourth-order valence-electron chi connectivity index (χ4n) is 1.49. The predicted molar refractivity (Wildman–Crippen MR) is 70.4 cm³/mol. The summed E-state index contributed by atoms with van der Waals surface area (Å²) in [5.41, 5.74) is 6.56. The Bertz CT molecular complexity index is 302. The zero-order valence-electron chi connectivity index (χ0n) is 10.7. The number of para-hydroxylation sites is 1. The fraction of sp³-hybridized carbons (Fsp3) is 0.571. The lowest BCUT2D eigenvalue weighted by Crippen LogP contribution is -2.06. The Labute approximate surface area is 104 Å². The summed E-state index contributed by atoms with van der Waals surface area (Å²) in [7, 11) is 0. The molecule has 0 spiro atoms. The normalized spacial score (nSPS) is 10.5. The molecule has 0 atom stereocenters. The Morgan fingerprint density at radius 2 is 1.71 bits per heavy atom. The molecule has 1 aromatic carbocycles. The second kappa shape index (κ2) is 9.02. The highest BCUT2D eigenvalue weighted by atomic mass is 16.5. The third kappa shape index (κ3) is 6.29. The van der Waals surface area contributed by atoms with Gasteiger partial charge in [0, 0.05) is 13.2 Å². The minimum atomic E-state index is 0.705. The van der Waals surface area contributed by atoms with Gasteiger partial charge in [-0.15, -0.1) is 0 Å². The Morgan fingerprint density at radius 3 is 2.47 bits per heavy atom. The molecule has 3 heteroatoms. The van der Waals surface area contributed by atoms with Crippen LogP contribution in [0, 0.1) is 6.92 Å². The molecule has 0 heterocycles. The average Bonchev–Trinajstić information content (AvgIpc) is 2.35. The fourth-order valence-corrected chi connectivity index (χ4v) is 1.49. The number of unbranched alkanes of at least 4 members (excludes halogenated alkanes) is 1. The molecule has 0 aliphatic heterocycles. The molecule has 17 heavy (non-hydrogen) atoms. The molecule has 0 unspecified atom stereocenters. The van der Waals surface area contributed by atoms with Gasteiger partial charge in [0.25, 0.3) is 0 Å². The van der Waals surface area contributed by atoms with Gasteiger partial charge in [0.2, 0.25) is 0 Å². The van der Waals surface area contributed by atoms with Crippen molar-refractivity contribution in [2.45, 2.75) is 26.2 Å². The van der Waals surface area contributed by atoms with Crippen LogP contribution < -0.4 is 10.5 Å². The lowest BCUT2D eigenvalue weighted by atomic mass is 10.2. The maximum absolute atomic E-state index is 5.69. The van der Waals surface area contributed by atoms with Gasteiger partial charge in [-0.1, -0.05) is 18.2 Å². The first-order valence-electron chi connectivity index (χ1n) is 6.31. The highest BCUT2D eigenvalue weighted by Gasteiger charge is 1.97. The van der Waals surface area contributed by atoms with Crippen LogP contribution in [-0.4, -0.2) is 26.4 Å². The summed E-state index contributed by atoms with van der Waals surface area (Å²) >= 11 is 0. The van der Waals surface area contributed by atoms with Gasteiger partial charge in [-0.25, -0.2) is 0 Å². The molecule has 1 rings (SSSR count). The van der Waals surface area contributed by atoms with Crippen LogP contribution in [0.1, 0.15) is 24.8 Å². The molecular formula is C14H23NO2. The molecule has 3 nitrogen and oxygen atoms in total. The van der Waals surface area contributed by atoms with Crippen molar-refractivity contribution in [2.24, 2.45) is 5.73 Å². The highest BCUT2D eigenvalue weighted by Crippen LogP contribution is 2.16. The van der Waals surface area contributed by atoms with Crippen LogP contribution in [0.4, 0.5) is 0 Å². The Hall–Kier alpha value is -1.06. The van der Waals surface area contributed by atoms with Gasteiger partial charge >= 0.3 is 0 Å². The number of hydrogen-bond acceptors (Lipinski definition) is 3. The van der Waals surface area contributed by atoms with Crippen LogP contribution in [0.15, 0.2) is 24.3 Å². The van der Waals surface area contributed by atoms with Crippen molar-refractivity contribution in [3.8, 4) is 5.75 Å². The molecule has 0 aliphatic carbocycles. The van der Waals surface area contributed by atoms with Crippen molar-refractivity contribution in [1.82, 2.24) is 0 Å². The van der Waals surface area contributed by atoms with Gasteiger partial charge in [-0.05, 0) is 44.4 Å². The summed E-state index contributed by atoms with van der Waals surface area (Å²) in [5.74, 6) is 0.983. The van der Waals surface area contributed by atoms with Crippen LogP contribution in [0.5, 0.6) is 5.75 Å². The second-order valence-electron chi connectivity index (χ2n) is 4.08. The summed E-state index contributed by atoms with van der Waals surface area (Å²) in [6.07, 6.45) is 3.01. The molecule has 2 N–H and O–H groups in total. The quantitative estimate of drug-likeness (QED) is 0.671. The van der Waals surface area contributed by atoms with E-state index in [9.17, 15) is 0 Å². The molecule has 0 aliphatic rings. The van der Waals surface area contributed by atoms with E-state index < -0.39 is 0 Å². The van der Waals surface area contributed by atoms with E-state index in [4.69, 9.17) is 15.2 Å². The Balaban J connectivity index is 1.99.